The maximum Gasteiger partial charge on any atom is 0.212 e. The van der Waals surface area contributed by atoms with Gasteiger partial charge in [-0.05, 0) is 66.8 Å². The quantitative estimate of drug-likeness (QED) is 0.384. The molecule has 152 valence electrons. The van der Waals surface area contributed by atoms with Gasteiger partial charge in [0.1, 0.15) is 7.05 Å². The van der Waals surface area contributed by atoms with Crippen molar-refractivity contribution in [2.24, 2.45) is 7.05 Å². The van der Waals surface area contributed by atoms with Crippen LogP contribution in [0.5, 0.6) is 0 Å². The van der Waals surface area contributed by atoms with E-state index in [4.69, 9.17) is 0 Å². The van der Waals surface area contributed by atoms with Gasteiger partial charge >= 0.3 is 0 Å². The van der Waals surface area contributed by atoms with Crippen LogP contribution in [-0.2, 0) is 7.05 Å². The van der Waals surface area contributed by atoms with Crippen LogP contribution >= 0.6 is 0 Å². The number of hydrogen-bond donors (Lipinski definition) is 0. The second kappa shape index (κ2) is 8.53. The maximum absolute atomic E-state index is 2.57. The minimum atomic E-state index is -1.41. The van der Waals surface area contributed by atoms with Crippen LogP contribution in [0.15, 0.2) is 30.5 Å². The van der Waals surface area contributed by atoms with E-state index in [0.717, 1.165) is 5.92 Å². The topological polar surface area (TPSA) is 3.88 Å². The molecule has 0 bridgehead atoms. The van der Waals surface area contributed by atoms with Gasteiger partial charge in [-0.15, -0.1) is 0 Å². The van der Waals surface area contributed by atoms with Crippen molar-refractivity contribution in [3.05, 3.63) is 47.2 Å². The molecule has 0 aliphatic heterocycles. The summed E-state index contributed by atoms with van der Waals surface area (Å²) in [7, 11) is 0.842. The molecule has 1 saturated carbocycles. The second-order valence-corrected chi connectivity index (χ2v) is 15.0. The molecule has 2 heteroatoms. The zero-order chi connectivity index (χ0) is 20.5. The summed E-state index contributed by atoms with van der Waals surface area (Å²) in [6, 6.07) is 9.73. The third-order valence-electron chi connectivity index (χ3n) is 6.90. The molecule has 2 aromatic rings. The lowest BCUT2D eigenvalue weighted by atomic mass is 9.90. The SMILES string of the molecule is CCC(CC)c1ccc(C)c(-c2cc([Si](C)(C)C)c(C3CCCC3)c[n+]2C)c1. The fourth-order valence-corrected chi connectivity index (χ4v) is 6.78. The van der Waals surface area contributed by atoms with E-state index in [1.54, 1.807) is 10.8 Å². The van der Waals surface area contributed by atoms with Crippen molar-refractivity contribution in [1.29, 1.82) is 0 Å². The van der Waals surface area contributed by atoms with Crippen LogP contribution in [-0.4, -0.2) is 8.07 Å². The Labute approximate surface area is 174 Å². The fraction of sp³-hybridized carbons (Fsp3) is 0.577. The van der Waals surface area contributed by atoms with Gasteiger partial charge in [-0.25, -0.2) is 4.57 Å². The average molecular weight is 395 g/mol. The zero-order valence-corrected chi connectivity index (χ0v) is 20.2. The molecule has 1 aromatic carbocycles. The molecule has 0 spiro atoms. The molecule has 1 nitrogen and oxygen atoms in total. The molecule has 28 heavy (non-hydrogen) atoms. The number of benzene rings is 1. The molecule has 0 amide bonds. The largest absolute Gasteiger partial charge is 0.212 e. The Balaban J connectivity index is 2.16. The molecule has 0 atom stereocenters. The summed E-state index contributed by atoms with van der Waals surface area (Å²) in [6.45, 7) is 14.4. The van der Waals surface area contributed by atoms with Gasteiger partial charge in [-0.2, -0.15) is 0 Å². The van der Waals surface area contributed by atoms with Crippen molar-refractivity contribution >= 4 is 13.3 Å². The summed E-state index contributed by atoms with van der Waals surface area (Å²) in [5.41, 5.74) is 7.35. The van der Waals surface area contributed by atoms with Gasteiger partial charge in [0.15, 0.2) is 6.20 Å². The van der Waals surface area contributed by atoms with Gasteiger partial charge < -0.3 is 0 Å². The molecule has 1 aliphatic carbocycles. The Bertz CT molecular complexity index is 821. The predicted octanol–water partition coefficient (Wildman–Crippen LogP) is 6.59. The van der Waals surface area contributed by atoms with Crippen LogP contribution < -0.4 is 9.75 Å². The first-order valence-corrected chi connectivity index (χ1v) is 14.9. The number of nitrogens with zero attached hydrogens (tertiary/aromatic N) is 1. The highest BCUT2D eigenvalue weighted by Crippen LogP contribution is 2.35. The first-order chi connectivity index (χ1) is 13.3. The highest BCUT2D eigenvalue weighted by Gasteiger charge is 2.31. The Hall–Kier alpha value is -1.41. The molecular weight excluding hydrogens is 354 g/mol. The highest BCUT2D eigenvalue weighted by molar-refractivity contribution is 6.89. The van der Waals surface area contributed by atoms with Crippen LogP contribution in [0.2, 0.25) is 19.6 Å². The van der Waals surface area contributed by atoms with Crippen molar-refractivity contribution in [3.8, 4) is 11.3 Å². The van der Waals surface area contributed by atoms with E-state index in [0.29, 0.717) is 5.92 Å². The summed E-state index contributed by atoms with van der Waals surface area (Å²) >= 11 is 0. The van der Waals surface area contributed by atoms with Gasteiger partial charge in [-0.3, -0.25) is 0 Å². The Morgan fingerprint density at radius 1 is 1.04 bits per heavy atom. The summed E-state index contributed by atoms with van der Waals surface area (Å²) in [5, 5.41) is 1.68. The standard InChI is InChI=1S/C26H40NSi/c1-8-20(9-2)22-15-14-19(3)23(16-22)25-17-26(28(5,6)7)24(18-27(25)4)21-12-10-11-13-21/h14-18,20-21H,8-13H2,1-7H3/q+1. The molecule has 1 aliphatic rings. The van der Waals surface area contributed by atoms with E-state index >= 15 is 0 Å². The smallest absolute Gasteiger partial charge is 0.201 e. The van der Waals surface area contributed by atoms with Crippen molar-refractivity contribution in [2.75, 3.05) is 0 Å². The Morgan fingerprint density at radius 2 is 1.68 bits per heavy atom. The number of rotatable bonds is 6. The molecule has 3 rings (SSSR count). The van der Waals surface area contributed by atoms with Crippen LogP contribution in [0.1, 0.15) is 80.9 Å². The normalized spacial score (nSPS) is 15.6. The molecule has 0 saturated heterocycles. The maximum atomic E-state index is 2.57. The lowest BCUT2D eigenvalue weighted by Crippen LogP contribution is -2.45. The fourth-order valence-electron chi connectivity index (χ4n) is 5.08. The number of pyridine rings is 1. The molecule has 0 N–H and O–H groups in total. The van der Waals surface area contributed by atoms with Crippen molar-refractivity contribution in [3.63, 3.8) is 0 Å². The van der Waals surface area contributed by atoms with E-state index in [2.05, 4.69) is 82.5 Å². The number of hydrogen-bond acceptors (Lipinski definition) is 0. The second-order valence-electron chi connectivity index (χ2n) is 9.96. The van der Waals surface area contributed by atoms with Crippen LogP contribution in [0.4, 0.5) is 0 Å². The van der Waals surface area contributed by atoms with Gasteiger partial charge in [-0.1, -0.05) is 58.5 Å². The zero-order valence-electron chi connectivity index (χ0n) is 19.2. The highest BCUT2D eigenvalue weighted by atomic mass is 28.3. The van der Waals surface area contributed by atoms with Gasteiger partial charge in [0.25, 0.3) is 0 Å². The minimum Gasteiger partial charge on any atom is -0.201 e. The van der Waals surface area contributed by atoms with E-state index in [9.17, 15) is 0 Å². The summed E-state index contributed by atoms with van der Waals surface area (Å²) in [6.07, 6.45) is 10.5. The molecule has 0 unspecified atom stereocenters. The first kappa shape index (κ1) is 21.3. The molecule has 1 aromatic heterocycles. The minimum absolute atomic E-state index is 0.666. The van der Waals surface area contributed by atoms with Crippen LogP contribution in [0.3, 0.4) is 0 Å². The van der Waals surface area contributed by atoms with E-state index in [-0.39, 0.29) is 0 Å². The van der Waals surface area contributed by atoms with Crippen molar-refractivity contribution < 1.29 is 4.57 Å². The summed E-state index contributed by atoms with van der Waals surface area (Å²) in [5.74, 6) is 1.44. The third-order valence-corrected chi connectivity index (χ3v) is 8.95. The van der Waals surface area contributed by atoms with Crippen molar-refractivity contribution in [2.45, 2.75) is 90.8 Å². The molecule has 1 heterocycles. The van der Waals surface area contributed by atoms with Crippen LogP contribution in [0.25, 0.3) is 11.3 Å². The average Bonchev–Trinajstić information content (AvgIpc) is 3.17. The van der Waals surface area contributed by atoms with E-state index < -0.39 is 8.07 Å². The summed E-state index contributed by atoms with van der Waals surface area (Å²) < 4.78 is 2.41. The Kier molecular flexibility index (Phi) is 6.49. The van der Waals surface area contributed by atoms with Gasteiger partial charge in [0.05, 0.1) is 8.07 Å². The summed E-state index contributed by atoms with van der Waals surface area (Å²) in [4.78, 5) is 0. The van der Waals surface area contributed by atoms with Gasteiger partial charge in [0.2, 0.25) is 5.69 Å². The van der Waals surface area contributed by atoms with Crippen LogP contribution in [0, 0.1) is 6.92 Å². The monoisotopic (exact) mass is 394 g/mol. The predicted molar refractivity (Wildman–Crippen MR) is 125 cm³/mol. The first-order valence-electron chi connectivity index (χ1n) is 11.4. The molecule has 0 radical (unpaired) electrons. The number of aromatic nitrogens is 1. The van der Waals surface area contributed by atoms with Gasteiger partial charge in [0, 0.05) is 17.2 Å². The van der Waals surface area contributed by atoms with E-state index in [1.807, 2.05) is 0 Å². The third kappa shape index (κ3) is 4.27. The Morgan fingerprint density at radius 3 is 2.25 bits per heavy atom. The van der Waals surface area contributed by atoms with E-state index in [1.165, 1.54) is 60.9 Å². The number of aryl methyl sites for hydroxylation is 2. The lowest BCUT2D eigenvalue weighted by Gasteiger charge is -2.24. The van der Waals surface area contributed by atoms with Crippen molar-refractivity contribution in [1.82, 2.24) is 0 Å². The lowest BCUT2D eigenvalue weighted by molar-refractivity contribution is -0.660. The molecule has 1 fully saturated rings. The molecular formula is C26H40NSi+.